The van der Waals surface area contributed by atoms with Crippen LogP contribution < -0.4 is 10.5 Å². The van der Waals surface area contributed by atoms with E-state index in [0.717, 1.165) is 30.5 Å². The van der Waals surface area contributed by atoms with Gasteiger partial charge in [0.05, 0.1) is 12.7 Å². The van der Waals surface area contributed by atoms with Gasteiger partial charge in [-0.1, -0.05) is 31.6 Å². The molecule has 1 fully saturated rings. The van der Waals surface area contributed by atoms with Crippen LogP contribution in [0, 0.1) is 5.92 Å². The van der Waals surface area contributed by atoms with Crippen molar-refractivity contribution in [3.05, 3.63) is 29.3 Å². The van der Waals surface area contributed by atoms with Gasteiger partial charge in [0.1, 0.15) is 10.7 Å². The lowest BCUT2D eigenvalue weighted by Gasteiger charge is -2.18. The number of hydrogen-bond donors (Lipinski definition) is 1. The van der Waals surface area contributed by atoms with Crippen LogP contribution in [0.25, 0.3) is 0 Å². The van der Waals surface area contributed by atoms with Gasteiger partial charge in [0, 0.05) is 19.5 Å². The van der Waals surface area contributed by atoms with Gasteiger partial charge < -0.3 is 15.4 Å². The van der Waals surface area contributed by atoms with Gasteiger partial charge in [-0.3, -0.25) is 4.79 Å². The van der Waals surface area contributed by atoms with Crippen LogP contribution in [-0.2, 0) is 11.3 Å². The fourth-order valence-corrected chi connectivity index (χ4v) is 3.03. The first kappa shape index (κ1) is 15.8. The van der Waals surface area contributed by atoms with E-state index in [4.69, 9.17) is 22.7 Å². The van der Waals surface area contributed by atoms with Gasteiger partial charge in [0.2, 0.25) is 5.91 Å². The molecule has 2 N–H and O–H groups in total. The van der Waals surface area contributed by atoms with Crippen LogP contribution >= 0.6 is 12.2 Å². The summed E-state index contributed by atoms with van der Waals surface area (Å²) in [6.45, 7) is 3.63. The second kappa shape index (κ2) is 6.89. The summed E-state index contributed by atoms with van der Waals surface area (Å²) in [7, 11) is 1.60. The van der Waals surface area contributed by atoms with Crippen LogP contribution in [0.3, 0.4) is 0 Å². The topological polar surface area (TPSA) is 55.6 Å². The van der Waals surface area contributed by atoms with Gasteiger partial charge in [-0.25, -0.2) is 0 Å². The molecule has 1 aliphatic heterocycles. The lowest BCUT2D eigenvalue weighted by Crippen LogP contribution is -2.24. The molecule has 0 aromatic heterocycles. The third-order valence-electron chi connectivity index (χ3n) is 3.90. The first-order valence-electron chi connectivity index (χ1n) is 7.29. The Kier molecular flexibility index (Phi) is 5.17. The van der Waals surface area contributed by atoms with Crippen LogP contribution in [0.5, 0.6) is 5.75 Å². The van der Waals surface area contributed by atoms with Crippen molar-refractivity contribution in [3.8, 4) is 5.75 Å². The second-order valence-electron chi connectivity index (χ2n) is 5.53. The Morgan fingerprint density at radius 1 is 1.52 bits per heavy atom. The number of benzene rings is 1. The number of thiocarbonyl (C=S) groups is 1. The highest BCUT2D eigenvalue weighted by atomic mass is 32.1. The van der Waals surface area contributed by atoms with Gasteiger partial charge in [-0.2, -0.15) is 0 Å². The van der Waals surface area contributed by atoms with Crippen molar-refractivity contribution in [3.63, 3.8) is 0 Å². The summed E-state index contributed by atoms with van der Waals surface area (Å²) in [5, 5.41) is 0. The van der Waals surface area contributed by atoms with E-state index in [0.29, 0.717) is 29.6 Å². The van der Waals surface area contributed by atoms with Crippen LogP contribution in [0.1, 0.15) is 37.3 Å². The number of nitrogens with two attached hydrogens (primary N) is 1. The second-order valence-corrected chi connectivity index (χ2v) is 5.97. The highest BCUT2D eigenvalue weighted by Crippen LogP contribution is 2.26. The average molecular weight is 306 g/mol. The minimum absolute atomic E-state index is 0.242. The molecule has 21 heavy (non-hydrogen) atoms. The molecule has 0 saturated carbocycles. The van der Waals surface area contributed by atoms with Crippen LogP contribution in [-0.4, -0.2) is 29.5 Å². The number of likely N-dealkylation sites (tertiary alicyclic amines) is 1. The minimum Gasteiger partial charge on any atom is -0.496 e. The Morgan fingerprint density at radius 2 is 2.29 bits per heavy atom. The highest BCUT2D eigenvalue weighted by Gasteiger charge is 2.28. The fraction of sp³-hybridized carbons (Fsp3) is 0.500. The van der Waals surface area contributed by atoms with E-state index in [-0.39, 0.29) is 5.91 Å². The number of nitrogens with zero attached hydrogens (tertiary/aromatic N) is 1. The summed E-state index contributed by atoms with van der Waals surface area (Å²) >= 11 is 5.00. The zero-order valence-electron chi connectivity index (χ0n) is 12.6. The standard InChI is InChI=1S/C16H22N2O2S/c1-3-4-11-8-15(19)18(9-11)10-12-5-6-13(16(17)21)14(7-12)20-2/h5-7,11H,3-4,8-10H2,1-2H3,(H2,17,21). The van der Waals surface area contributed by atoms with Gasteiger partial charge in [0.25, 0.3) is 0 Å². The summed E-state index contributed by atoms with van der Waals surface area (Å²) in [6, 6.07) is 5.73. The fourth-order valence-electron chi connectivity index (χ4n) is 2.87. The molecule has 5 heteroatoms. The minimum atomic E-state index is 0.242. The van der Waals surface area contributed by atoms with E-state index in [9.17, 15) is 4.79 Å². The van der Waals surface area contributed by atoms with Crippen molar-refractivity contribution in [1.82, 2.24) is 4.90 Å². The molecule has 1 aliphatic rings. The maximum absolute atomic E-state index is 12.0. The Bertz CT molecular complexity index is 545. The van der Waals surface area contributed by atoms with E-state index in [1.807, 2.05) is 23.1 Å². The average Bonchev–Trinajstić information content (AvgIpc) is 2.79. The molecule has 4 nitrogen and oxygen atoms in total. The van der Waals surface area contributed by atoms with Gasteiger partial charge >= 0.3 is 0 Å². The first-order chi connectivity index (χ1) is 10.0. The molecular formula is C16H22N2O2S. The Hall–Kier alpha value is -1.62. The first-order valence-corrected chi connectivity index (χ1v) is 7.70. The molecule has 1 heterocycles. The number of rotatable bonds is 6. The normalized spacial score (nSPS) is 18.1. The number of carbonyl (C=O) groups excluding carboxylic acids is 1. The maximum atomic E-state index is 12.0. The number of methoxy groups -OCH3 is 1. The van der Waals surface area contributed by atoms with Crippen molar-refractivity contribution < 1.29 is 9.53 Å². The number of hydrogen-bond acceptors (Lipinski definition) is 3. The Balaban J connectivity index is 2.10. The van der Waals surface area contributed by atoms with Crippen molar-refractivity contribution in [2.24, 2.45) is 11.7 Å². The number of ether oxygens (including phenoxy) is 1. The van der Waals surface area contributed by atoms with E-state index in [1.165, 1.54) is 0 Å². The molecule has 2 rings (SSSR count). The molecule has 114 valence electrons. The van der Waals surface area contributed by atoms with E-state index in [1.54, 1.807) is 7.11 Å². The SMILES string of the molecule is CCCC1CC(=O)N(Cc2ccc(C(N)=S)c(OC)c2)C1. The van der Waals surface area contributed by atoms with Crippen molar-refractivity contribution in [2.75, 3.05) is 13.7 Å². The predicted octanol–water partition coefficient (Wildman–Crippen LogP) is 2.48. The Labute approximate surface area is 131 Å². The van der Waals surface area contributed by atoms with E-state index in [2.05, 4.69) is 6.92 Å². The molecule has 1 atom stereocenters. The third-order valence-corrected chi connectivity index (χ3v) is 4.12. The summed E-state index contributed by atoms with van der Waals surface area (Å²) in [5.41, 5.74) is 7.43. The predicted molar refractivity (Wildman–Crippen MR) is 87.3 cm³/mol. The quantitative estimate of drug-likeness (QED) is 0.820. The lowest BCUT2D eigenvalue weighted by molar-refractivity contribution is -0.128. The summed E-state index contributed by atoms with van der Waals surface area (Å²) in [5.74, 6) is 1.41. The van der Waals surface area contributed by atoms with Crippen molar-refractivity contribution in [1.29, 1.82) is 0 Å². The van der Waals surface area contributed by atoms with Gasteiger partial charge in [-0.15, -0.1) is 0 Å². The van der Waals surface area contributed by atoms with Crippen LogP contribution in [0.2, 0.25) is 0 Å². The smallest absolute Gasteiger partial charge is 0.223 e. The molecule has 0 radical (unpaired) electrons. The Morgan fingerprint density at radius 3 is 2.90 bits per heavy atom. The van der Waals surface area contributed by atoms with Crippen LogP contribution in [0.15, 0.2) is 18.2 Å². The molecular weight excluding hydrogens is 284 g/mol. The number of carbonyl (C=O) groups is 1. The van der Waals surface area contributed by atoms with Crippen molar-refractivity contribution >= 4 is 23.1 Å². The lowest BCUT2D eigenvalue weighted by atomic mass is 10.0. The van der Waals surface area contributed by atoms with E-state index < -0.39 is 0 Å². The molecule has 0 aliphatic carbocycles. The summed E-state index contributed by atoms with van der Waals surface area (Å²) in [4.78, 5) is 14.3. The number of amides is 1. The molecule has 1 saturated heterocycles. The molecule has 1 aromatic carbocycles. The molecule has 1 aromatic rings. The zero-order chi connectivity index (χ0) is 15.4. The maximum Gasteiger partial charge on any atom is 0.223 e. The monoisotopic (exact) mass is 306 g/mol. The van der Waals surface area contributed by atoms with Gasteiger partial charge in [-0.05, 0) is 30.0 Å². The zero-order valence-corrected chi connectivity index (χ0v) is 13.4. The third kappa shape index (κ3) is 3.73. The summed E-state index contributed by atoms with van der Waals surface area (Å²) in [6.07, 6.45) is 2.92. The summed E-state index contributed by atoms with van der Waals surface area (Å²) < 4.78 is 5.33. The highest BCUT2D eigenvalue weighted by molar-refractivity contribution is 7.80. The molecule has 1 amide bonds. The van der Waals surface area contributed by atoms with Crippen LogP contribution in [0.4, 0.5) is 0 Å². The molecule has 0 spiro atoms. The van der Waals surface area contributed by atoms with E-state index >= 15 is 0 Å². The van der Waals surface area contributed by atoms with Gasteiger partial charge in [0.15, 0.2) is 0 Å². The molecule has 0 bridgehead atoms. The largest absolute Gasteiger partial charge is 0.496 e. The molecule has 1 unspecified atom stereocenters. The van der Waals surface area contributed by atoms with Crippen molar-refractivity contribution in [2.45, 2.75) is 32.7 Å².